The van der Waals surface area contributed by atoms with E-state index in [2.05, 4.69) is 173 Å². The Hall–Kier alpha value is -7.04. The average Bonchev–Trinajstić information content (AvgIpc) is 3.61. The number of para-hydroxylation sites is 3. The third-order valence-corrected chi connectivity index (χ3v) is 10.6. The van der Waals surface area contributed by atoms with E-state index in [4.69, 9.17) is 10.5 Å². The molecule has 0 saturated carbocycles. The molecule has 258 valence electrons. The normalized spacial score (nSPS) is 12.4. The Morgan fingerprint density at radius 3 is 1.78 bits per heavy atom. The summed E-state index contributed by atoms with van der Waals surface area (Å²) in [6.07, 6.45) is 9.91. The van der Waals surface area contributed by atoms with Crippen molar-refractivity contribution >= 4 is 50.5 Å². The zero-order valence-electron chi connectivity index (χ0n) is 29.7. The minimum absolute atomic E-state index is 0.413. The molecule has 0 atom stereocenters. The number of nitrogens with two attached hydrogens (primary N) is 1. The molecule has 0 fully saturated rings. The van der Waals surface area contributed by atoms with Gasteiger partial charge in [-0.3, -0.25) is 0 Å². The van der Waals surface area contributed by atoms with Crippen LogP contribution in [0, 0.1) is 0 Å². The van der Waals surface area contributed by atoms with E-state index in [1.54, 1.807) is 0 Å². The highest BCUT2D eigenvalue weighted by Gasteiger charge is 2.21. The highest BCUT2D eigenvalue weighted by molar-refractivity contribution is 6.09. The molecule has 0 saturated heterocycles. The molecule has 54 heavy (non-hydrogen) atoms. The van der Waals surface area contributed by atoms with E-state index in [-0.39, 0.29) is 0 Å². The van der Waals surface area contributed by atoms with Gasteiger partial charge < -0.3 is 19.6 Å². The third-order valence-electron chi connectivity index (χ3n) is 10.6. The fourth-order valence-electron chi connectivity index (χ4n) is 8.07. The van der Waals surface area contributed by atoms with Crippen molar-refractivity contribution in [3.05, 3.63) is 193 Å². The molecule has 4 heteroatoms. The van der Waals surface area contributed by atoms with Gasteiger partial charge in [-0.05, 0) is 83.3 Å². The number of benzene rings is 7. The number of rotatable bonds is 7. The Morgan fingerprint density at radius 2 is 1.07 bits per heavy atom. The summed E-state index contributed by atoms with van der Waals surface area (Å²) in [6, 6.07) is 57.9. The maximum absolute atomic E-state index is 7.21. The molecule has 7 aromatic carbocycles. The van der Waals surface area contributed by atoms with Crippen LogP contribution in [0.4, 0.5) is 5.69 Å². The van der Waals surface area contributed by atoms with E-state index in [0.29, 0.717) is 18.0 Å². The molecule has 2 heterocycles. The summed E-state index contributed by atoms with van der Waals surface area (Å²) in [7, 11) is 0. The molecule has 2 N–H and O–H groups in total. The Balaban J connectivity index is 1.27. The maximum Gasteiger partial charge on any atom is 0.143 e. The zero-order chi connectivity index (χ0) is 36.0. The number of hydrogen-bond acceptors (Lipinski definition) is 2. The summed E-state index contributed by atoms with van der Waals surface area (Å²) in [5.41, 5.74) is 20.9. The van der Waals surface area contributed by atoms with Crippen LogP contribution in [-0.4, -0.2) is 9.13 Å². The lowest BCUT2D eigenvalue weighted by Gasteiger charge is -2.19. The van der Waals surface area contributed by atoms with Crippen LogP contribution in [-0.2, 0) is 6.61 Å². The molecule has 0 spiro atoms. The van der Waals surface area contributed by atoms with E-state index in [9.17, 15) is 0 Å². The van der Waals surface area contributed by atoms with Crippen LogP contribution in [0.25, 0.3) is 78.5 Å². The Morgan fingerprint density at radius 1 is 0.500 bits per heavy atom. The van der Waals surface area contributed by atoms with Crippen LogP contribution in [0.2, 0.25) is 0 Å². The number of anilines is 1. The van der Waals surface area contributed by atoms with Gasteiger partial charge in [0.1, 0.15) is 12.4 Å². The van der Waals surface area contributed by atoms with Gasteiger partial charge in [-0.1, -0.05) is 133 Å². The molecule has 0 unspecified atom stereocenters. The molecule has 9 aromatic rings. The van der Waals surface area contributed by atoms with Crippen molar-refractivity contribution in [2.45, 2.75) is 13.0 Å². The second-order valence-electron chi connectivity index (χ2n) is 13.9. The van der Waals surface area contributed by atoms with Crippen LogP contribution < -0.4 is 10.5 Å². The van der Waals surface area contributed by atoms with E-state index in [0.717, 1.165) is 67.9 Å². The molecule has 0 bridgehead atoms. The van der Waals surface area contributed by atoms with Crippen molar-refractivity contribution in [3.63, 3.8) is 0 Å². The highest BCUT2D eigenvalue weighted by Crippen LogP contribution is 2.43. The van der Waals surface area contributed by atoms with Crippen molar-refractivity contribution < 1.29 is 4.74 Å². The first-order chi connectivity index (χ1) is 26.7. The largest absolute Gasteiger partial charge is 0.487 e. The number of aromatic nitrogens is 2. The van der Waals surface area contributed by atoms with Crippen LogP contribution in [0.3, 0.4) is 0 Å². The van der Waals surface area contributed by atoms with E-state index in [1.807, 2.05) is 24.3 Å². The van der Waals surface area contributed by atoms with Crippen LogP contribution in [0.5, 0.6) is 5.75 Å². The molecule has 2 aromatic heterocycles. The third kappa shape index (κ3) is 5.39. The van der Waals surface area contributed by atoms with E-state index >= 15 is 0 Å². The molecule has 0 radical (unpaired) electrons. The number of allylic oxidation sites excluding steroid dienone is 2. The molecule has 10 rings (SSSR count). The molecular weight excluding hydrogens is 659 g/mol. The minimum Gasteiger partial charge on any atom is -0.487 e. The molecule has 0 aliphatic heterocycles. The van der Waals surface area contributed by atoms with Crippen molar-refractivity contribution in [3.8, 4) is 39.4 Å². The van der Waals surface area contributed by atoms with Crippen molar-refractivity contribution in [2.24, 2.45) is 0 Å². The monoisotopic (exact) mass is 695 g/mol. The average molecular weight is 696 g/mol. The van der Waals surface area contributed by atoms with Gasteiger partial charge in [-0.15, -0.1) is 0 Å². The maximum atomic E-state index is 7.21. The number of ether oxygens (including phenoxy) is 1. The fourth-order valence-corrected chi connectivity index (χ4v) is 8.07. The molecule has 4 nitrogen and oxygen atoms in total. The molecular formula is C50H37N3O. The number of hydrogen-bond donors (Lipinski definition) is 1. The number of nitrogen functional groups attached to an aromatic ring is 1. The van der Waals surface area contributed by atoms with Crippen LogP contribution in [0.1, 0.15) is 23.2 Å². The van der Waals surface area contributed by atoms with E-state index < -0.39 is 0 Å². The van der Waals surface area contributed by atoms with Gasteiger partial charge >= 0.3 is 0 Å². The van der Waals surface area contributed by atoms with Gasteiger partial charge in [0.05, 0.1) is 27.9 Å². The lowest BCUT2D eigenvalue weighted by Crippen LogP contribution is -2.04. The number of fused-ring (bicyclic) bond motifs is 6. The summed E-state index contributed by atoms with van der Waals surface area (Å²) < 4.78 is 11.4. The topological polar surface area (TPSA) is 45.1 Å². The van der Waals surface area contributed by atoms with Crippen molar-refractivity contribution in [1.82, 2.24) is 9.13 Å². The van der Waals surface area contributed by atoms with Gasteiger partial charge in [-0.25, -0.2) is 0 Å². The Kier molecular flexibility index (Phi) is 7.73. The predicted molar refractivity (Wildman–Crippen MR) is 226 cm³/mol. The first-order valence-corrected chi connectivity index (χ1v) is 18.5. The SMILES string of the molecule is Nc1c(OCc2ccccc2)cc(-c2ccccc2)cc1-c1cc(-n2c3c(c4ccccc42)C=CCC=C3)cc(-n2c3ccccc3c3ccccc32)c1. The quantitative estimate of drug-likeness (QED) is 0.169. The van der Waals surface area contributed by atoms with Crippen LogP contribution >= 0.6 is 0 Å². The summed E-state index contributed by atoms with van der Waals surface area (Å²) in [6.45, 7) is 0.413. The summed E-state index contributed by atoms with van der Waals surface area (Å²) in [5, 5.41) is 3.66. The second-order valence-corrected chi connectivity index (χ2v) is 13.9. The summed E-state index contributed by atoms with van der Waals surface area (Å²) >= 11 is 0. The minimum atomic E-state index is 0.413. The van der Waals surface area contributed by atoms with Gasteiger partial charge in [0, 0.05) is 38.7 Å². The zero-order valence-corrected chi connectivity index (χ0v) is 29.7. The number of nitrogens with zero attached hydrogens (tertiary/aromatic N) is 2. The molecule has 0 amide bonds. The Labute approximate surface area is 314 Å². The van der Waals surface area contributed by atoms with E-state index in [1.165, 1.54) is 21.7 Å². The smallest absolute Gasteiger partial charge is 0.143 e. The molecule has 1 aliphatic carbocycles. The predicted octanol–water partition coefficient (Wildman–Crippen LogP) is 12.7. The van der Waals surface area contributed by atoms with Crippen LogP contribution in [0.15, 0.2) is 176 Å². The first-order valence-electron chi connectivity index (χ1n) is 18.5. The van der Waals surface area contributed by atoms with Gasteiger partial charge in [0.2, 0.25) is 0 Å². The van der Waals surface area contributed by atoms with Crippen molar-refractivity contribution in [1.29, 1.82) is 0 Å². The first kappa shape index (κ1) is 31.7. The van der Waals surface area contributed by atoms with Gasteiger partial charge in [-0.2, -0.15) is 0 Å². The second kappa shape index (κ2) is 13.2. The van der Waals surface area contributed by atoms with Crippen molar-refractivity contribution in [2.75, 3.05) is 5.73 Å². The Bertz CT molecular complexity index is 2860. The van der Waals surface area contributed by atoms with Gasteiger partial charge in [0.25, 0.3) is 0 Å². The fraction of sp³-hybridized carbons (Fsp3) is 0.0400. The summed E-state index contributed by atoms with van der Waals surface area (Å²) in [5.74, 6) is 0.660. The standard InChI is InChI=1S/C50H37N3O/c51-50-44(30-36(35-18-6-2-7-19-35)31-49(50)54-33-34-16-4-1-5-17-34)37-28-38(52-45-24-9-3-8-20-40(45)41-21-10-13-25-46(41)52)32-39(29-37)53-47-26-14-11-22-42(47)43-23-12-15-27-48(43)53/h1-2,4-32H,3,33,51H2. The summed E-state index contributed by atoms with van der Waals surface area (Å²) in [4.78, 5) is 0. The lowest BCUT2D eigenvalue weighted by molar-refractivity contribution is 0.308. The highest BCUT2D eigenvalue weighted by atomic mass is 16.5. The molecule has 1 aliphatic rings. The lowest BCUT2D eigenvalue weighted by atomic mass is 9.96. The van der Waals surface area contributed by atoms with Gasteiger partial charge in [0.15, 0.2) is 0 Å².